The number of nitrogens with zero attached hydrogens (tertiary/aromatic N) is 2. The highest BCUT2D eigenvalue weighted by atomic mass is 32.2. The quantitative estimate of drug-likeness (QED) is 0.295. The number of hydrogen-bond donors (Lipinski definition) is 2. The van der Waals surface area contributed by atoms with E-state index < -0.39 is 0 Å². The van der Waals surface area contributed by atoms with Gasteiger partial charge >= 0.3 is 0 Å². The van der Waals surface area contributed by atoms with Crippen molar-refractivity contribution in [1.29, 1.82) is 5.26 Å². The van der Waals surface area contributed by atoms with Crippen molar-refractivity contribution in [3.05, 3.63) is 0 Å². The van der Waals surface area contributed by atoms with E-state index in [2.05, 4.69) is 10.3 Å². The number of rotatable bonds is 2. The molecular weight excluding hydrogens is 186 g/mol. The zero-order valence-electron chi connectivity index (χ0n) is 7.53. The summed E-state index contributed by atoms with van der Waals surface area (Å²) >= 11 is 1.43. The van der Waals surface area contributed by atoms with E-state index in [1.54, 1.807) is 0 Å². The van der Waals surface area contributed by atoms with Gasteiger partial charge in [0, 0.05) is 6.54 Å². The zero-order valence-corrected chi connectivity index (χ0v) is 8.34. The van der Waals surface area contributed by atoms with Gasteiger partial charge in [0.15, 0.2) is 11.4 Å². The average Bonchev–Trinajstić information content (AvgIpc) is 2.08. The summed E-state index contributed by atoms with van der Waals surface area (Å²) in [5, 5.41) is 20.5. The molecule has 0 spiro atoms. The first kappa shape index (κ1) is 10.4. The standard InChI is InChI=1S/C8H13N3OS/c1-13-8(11-5-9)10-4-6-2-7(12)3-6/h6-7,12H,2-4H2,1H3,(H,10,11). The van der Waals surface area contributed by atoms with E-state index in [1.807, 2.05) is 12.4 Å². The fourth-order valence-electron chi connectivity index (χ4n) is 1.26. The molecule has 0 saturated heterocycles. The first-order valence-electron chi connectivity index (χ1n) is 4.18. The Kier molecular flexibility index (Phi) is 4.06. The Morgan fingerprint density at radius 3 is 2.92 bits per heavy atom. The highest BCUT2D eigenvalue weighted by Gasteiger charge is 2.26. The van der Waals surface area contributed by atoms with E-state index in [0.29, 0.717) is 17.6 Å². The number of hydrogen-bond acceptors (Lipinski definition) is 4. The van der Waals surface area contributed by atoms with Crippen LogP contribution in [0.15, 0.2) is 4.99 Å². The van der Waals surface area contributed by atoms with Crippen LogP contribution in [0.4, 0.5) is 0 Å². The molecule has 1 saturated carbocycles. The molecule has 1 aliphatic carbocycles. The second-order valence-corrected chi connectivity index (χ2v) is 3.87. The summed E-state index contributed by atoms with van der Waals surface area (Å²) in [7, 11) is 0. The molecule has 0 amide bonds. The van der Waals surface area contributed by atoms with Gasteiger partial charge in [-0.3, -0.25) is 10.3 Å². The lowest BCUT2D eigenvalue weighted by Gasteiger charge is -2.29. The summed E-state index contributed by atoms with van der Waals surface area (Å²) in [5.74, 6) is 0.498. The van der Waals surface area contributed by atoms with Gasteiger partial charge in [0.1, 0.15) is 0 Å². The molecule has 72 valence electrons. The molecule has 1 aliphatic rings. The SMILES string of the molecule is CSC(=NCC1CC(O)C1)NC#N. The van der Waals surface area contributed by atoms with Gasteiger partial charge < -0.3 is 5.11 Å². The summed E-state index contributed by atoms with van der Waals surface area (Å²) < 4.78 is 0. The van der Waals surface area contributed by atoms with Crippen LogP contribution in [-0.2, 0) is 0 Å². The van der Waals surface area contributed by atoms with Crippen LogP contribution < -0.4 is 5.32 Å². The van der Waals surface area contributed by atoms with Crippen LogP contribution in [0, 0.1) is 17.4 Å². The van der Waals surface area contributed by atoms with E-state index in [-0.39, 0.29) is 6.10 Å². The van der Waals surface area contributed by atoms with Crippen molar-refractivity contribution in [2.75, 3.05) is 12.8 Å². The van der Waals surface area contributed by atoms with E-state index in [1.165, 1.54) is 11.8 Å². The molecular formula is C8H13N3OS. The van der Waals surface area contributed by atoms with Crippen molar-refractivity contribution in [3.63, 3.8) is 0 Å². The van der Waals surface area contributed by atoms with E-state index in [9.17, 15) is 0 Å². The smallest absolute Gasteiger partial charge is 0.183 e. The third kappa shape index (κ3) is 3.25. The third-order valence-corrected chi connectivity index (χ3v) is 2.68. The minimum Gasteiger partial charge on any atom is -0.393 e. The van der Waals surface area contributed by atoms with Crippen LogP contribution in [0.5, 0.6) is 0 Å². The second kappa shape index (κ2) is 5.10. The van der Waals surface area contributed by atoms with Gasteiger partial charge in [0.2, 0.25) is 0 Å². The number of aliphatic hydroxyl groups excluding tert-OH is 1. The summed E-state index contributed by atoms with van der Waals surface area (Å²) in [4.78, 5) is 4.22. The minimum atomic E-state index is -0.123. The van der Waals surface area contributed by atoms with E-state index in [4.69, 9.17) is 10.4 Å². The summed E-state index contributed by atoms with van der Waals surface area (Å²) in [6, 6.07) is 0. The predicted octanol–water partition coefficient (Wildman–Crippen LogP) is 0.547. The Labute approximate surface area is 82.0 Å². The largest absolute Gasteiger partial charge is 0.393 e. The molecule has 4 nitrogen and oxygen atoms in total. The number of thioether (sulfide) groups is 1. The van der Waals surface area contributed by atoms with Gasteiger partial charge in [-0.25, -0.2) is 0 Å². The van der Waals surface area contributed by atoms with Crippen LogP contribution in [0.3, 0.4) is 0 Å². The highest BCUT2D eigenvalue weighted by Crippen LogP contribution is 2.27. The molecule has 13 heavy (non-hydrogen) atoms. The predicted molar refractivity (Wildman–Crippen MR) is 53.3 cm³/mol. The molecule has 0 atom stereocenters. The van der Waals surface area contributed by atoms with Gasteiger partial charge in [-0.05, 0) is 25.0 Å². The molecule has 1 rings (SSSR count). The monoisotopic (exact) mass is 199 g/mol. The van der Waals surface area contributed by atoms with Crippen molar-refractivity contribution in [1.82, 2.24) is 5.32 Å². The molecule has 2 N–H and O–H groups in total. The Morgan fingerprint density at radius 1 is 1.77 bits per heavy atom. The summed E-state index contributed by atoms with van der Waals surface area (Å²) in [6.07, 6.45) is 5.28. The first-order chi connectivity index (χ1) is 6.26. The lowest BCUT2D eigenvalue weighted by atomic mass is 9.83. The lowest BCUT2D eigenvalue weighted by molar-refractivity contribution is 0.0471. The van der Waals surface area contributed by atoms with Crippen molar-refractivity contribution in [2.24, 2.45) is 10.9 Å². The van der Waals surface area contributed by atoms with E-state index in [0.717, 1.165) is 12.8 Å². The highest BCUT2D eigenvalue weighted by molar-refractivity contribution is 8.13. The van der Waals surface area contributed by atoms with Crippen LogP contribution >= 0.6 is 11.8 Å². The Balaban J connectivity index is 2.25. The van der Waals surface area contributed by atoms with Gasteiger partial charge in [-0.2, -0.15) is 5.26 Å². The van der Waals surface area contributed by atoms with Gasteiger partial charge in [0.25, 0.3) is 0 Å². The van der Waals surface area contributed by atoms with Crippen molar-refractivity contribution < 1.29 is 5.11 Å². The normalized spacial score (nSPS) is 27.6. The molecule has 0 aromatic rings. The maximum atomic E-state index is 9.02. The Hall–Kier alpha value is -0.730. The molecule has 0 unspecified atom stereocenters. The fraction of sp³-hybridized carbons (Fsp3) is 0.750. The van der Waals surface area contributed by atoms with Crippen molar-refractivity contribution in [2.45, 2.75) is 18.9 Å². The van der Waals surface area contributed by atoms with Crippen LogP contribution in [-0.4, -0.2) is 29.2 Å². The first-order valence-corrected chi connectivity index (χ1v) is 5.40. The molecule has 0 radical (unpaired) electrons. The van der Waals surface area contributed by atoms with Gasteiger partial charge in [-0.15, -0.1) is 0 Å². The molecule has 5 heteroatoms. The number of amidine groups is 1. The number of aliphatic imine (C=N–C) groups is 1. The maximum absolute atomic E-state index is 9.02. The van der Waals surface area contributed by atoms with Crippen molar-refractivity contribution >= 4 is 16.9 Å². The van der Waals surface area contributed by atoms with Crippen LogP contribution in [0.25, 0.3) is 0 Å². The second-order valence-electron chi connectivity index (χ2n) is 3.08. The molecule has 0 bridgehead atoms. The molecule has 1 fully saturated rings. The van der Waals surface area contributed by atoms with Crippen LogP contribution in [0.1, 0.15) is 12.8 Å². The molecule has 0 aliphatic heterocycles. The Morgan fingerprint density at radius 2 is 2.46 bits per heavy atom. The molecule has 0 aromatic heterocycles. The lowest BCUT2D eigenvalue weighted by Crippen LogP contribution is -2.30. The summed E-state index contributed by atoms with van der Waals surface area (Å²) in [5.41, 5.74) is 0. The Bertz CT molecular complexity index is 230. The number of nitrogens with one attached hydrogen (secondary N) is 1. The van der Waals surface area contributed by atoms with E-state index >= 15 is 0 Å². The maximum Gasteiger partial charge on any atom is 0.183 e. The topological polar surface area (TPSA) is 68.4 Å². The summed E-state index contributed by atoms with van der Waals surface area (Å²) in [6.45, 7) is 0.710. The van der Waals surface area contributed by atoms with Crippen molar-refractivity contribution in [3.8, 4) is 6.19 Å². The zero-order chi connectivity index (χ0) is 9.68. The number of aliphatic hydroxyl groups is 1. The van der Waals surface area contributed by atoms with Gasteiger partial charge in [0.05, 0.1) is 6.10 Å². The molecule has 0 aromatic carbocycles. The number of nitriles is 1. The fourth-order valence-corrected chi connectivity index (χ4v) is 1.62. The third-order valence-electron chi connectivity index (χ3n) is 2.06. The minimum absolute atomic E-state index is 0.123. The average molecular weight is 199 g/mol. The molecule has 0 heterocycles. The van der Waals surface area contributed by atoms with Crippen LogP contribution in [0.2, 0.25) is 0 Å². The van der Waals surface area contributed by atoms with Gasteiger partial charge in [-0.1, -0.05) is 11.8 Å².